The molecule has 7 nitrogen and oxygen atoms in total. The van der Waals surface area contributed by atoms with Crippen LogP contribution in [-0.2, 0) is 9.47 Å². The van der Waals surface area contributed by atoms with Crippen molar-refractivity contribution >= 4 is 51.3 Å². The average molecular weight is 348 g/mol. The lowest BCUT2D eigenvalue weighted by molar-refractivity contribution is 0.0595. The van der Waals surface area contributed by atoms with Crippen LogP contribution in [0.4, 0.5) is 5.13 Å². The second-order valence-corrected chi connectivity index (χ2v) is 6.15. The molecule has 0 aliphatic carbocycles. The lowest BCUT2D eigenvalue weighted by atomic mass is 10.2. The molecule has 1 N–H and O–H groups in total. The zero-order valence-corrected chi connectivity index (χ0v) is 13.6. The molecule has 10 heteroatoms. The van der Waals surface area contributed by atoms with E-state index in [0.717, 1.165) is 22.7 Å². The standard InChI is InChI=1S/C11H10ClN3O4S2/c1-13-11-15-5(7(21-11)9(17)19-3)4-6(8(16)18-2)20-10(12)14-4/h1-3H3,(H,13,15). The molecule has 0 bridgehead atoms. The molecule has 2 heterocycles. The first-order valence-corrected chi connectivity index (χ1v) is 7.54. The van der Waals surface area contributed by atoms with Gasteiger partial charge in [0, 0.05) is 7.05 Å². The molecule has 0 aliphatic rings. The minimum Gasteiger partial charge on any atom is -0.465 e. The van der Waals surface area contributed by atoms with Crippen molar-refractivity contribution in [2.45, 2.75) is 0 Å². The predicted molar refractivity (Wildman–Crippen MR) is 80.5 cm³/mol. The molecular weight excluding hydrogens is 338 g/mol. The molecule has 2 aromatic rings. The topological polar surface area (TPSA) is 90.4 Å². The normalized spacial score (nSPS) is 10.3. The molecule has 0 amide bonds. The summed E-state index contributed by atoms with van der Waals surface area (Å²) >= 11 is 7.92. The highest BCUT2D eigenvalue weighted by Crippen LogP contribution is 2.36. The summed E-state index contributed by atoms with van der Waals surface area (Å²) < 4.78 is 9.56. The number of carbonyl (C=O) groups excluding carboxylic acids is 2. The maximum absolute atomic E-state index is 11.8. The number of esters is 2. The van der Waals surface area contributed by atoms with E-state index in [1.807, 2.05) is 0 Å². The molecule has 0 aliphatic heterocycles. The number of hydrogen-bond acceptors (Lipinski definition) is 9. The van der Waals surface area contributed by atoms with E-state index >= 15 is 0 Å². The Kier molecular flexibility index (Phi) is 4.76. The van der Waals surface area contributed by atoms with Crippen molar-refractivity contribution in [3.63, 3.8) is 0 Å². The van der Waals surface area contributed by atoms with Crippen molar-refractivity contribution in [1.29, 1.82) is 0 Å². The minimum absolute atomic E-state index is 0.153. The van der Waals surface area contributed by atoms with E-state index in [4.69, 9.17) is 16.3 Å². The number of carbonyl (C=O) groups is 2. The summed E-state index contributed by atoms with van der Waals surface area (Å²) in [4.78, 5) is 32.3. The van der Waals surface area contributed by atoms with Crippen molar-refractivity contribution < 1.29 is 19.1 Å². The fourth-order valence-corrected chi connectivity index (χ4v) is 3.37. The summed E-state index contributed by atoms with van der Waals surface area (Å²) in [6.45, 7) is 0. The van der Waals surface area contributed by atoms with E-state index in [9.17, 15) is 9.59 Å². The van der Waals surface area contributed by atoms with Crippen LogP contribution in [-0.4, -0.2) is 43.2 Å². The third kappa shape index (κ3) is 2.99. The molecule has 0 atom stereocenters. The number of rotatable bonds is 4. The Morgan fingerprint density at radius 2 is 1.57 bits per heavy atom. The summed E-state index contributed by atoms with van der Waals surface area (Å²) in [6, 6.07) is 0. The van der Waals surface area contributed by atoms with Gasteiger partial charge < -0.3 is 14.8 Å². The lowest BCUT2D eigenvalue weighted by Gasteiger charge is -2.00. The highest BCUT2D eigenvalue weighted by atomic mass is 35.5. The number of hydrogen-bond donors (Lipinski definition) is 1. The molecule has 2 aromatic heterocycles. The third-order valence-electron chi connectivity index (χ3n) is 2.41. The van der Waals surface area contributed by atoms with Gasteiger partial charge in [0.15, 0.2) is 9.60 Å². The fourth-order valence-electron chi connectivity index (χ4n) is 1.50. The van der Waals surface area contributed by atoms with E-state index in [1.54, 1.807) is 7.05 Å². The Hall–Kier alpha value is -1.71. The second-order valence-electron chi connectivity index (χ2n) is 3.57. The van der Waals surface area contributed by atoms with Crippen LogP contribution in [0.1, 0.15) is 19.3 Å². The molecule has 0 unspecified atom stereocenters. The lowest BCUT2D eigenvalue weighted by Crippen LogP contribution is -2.04. The number of anilines is 1. The van der Waals surface area contributed by atoms with Crippen LogP contribution in [0.3, 0.4) is 0 Å². The highest BCUT2D eigenvalue weighted by molar-refractivity contribution is 7.19. The van der Waals surface area contributed by atoms with Crippen LogP contribution >= 0.6 is 34.3 Å². The summed E-state index contributed by atoms with van der Waals surface area (Å²) in [5.74, 6) is -1.16. The Labute approximate surface area is 132 Å². The SMILES string of the molecule is CNc1nc(-c2nc(Cl)sc2C(=O)OC)c(C(=O)OC)s1. The van der Waals surface area contributed by atoms with Crippen LogP contribution in [0.2, 0.25) is 4.47 Å². The first kappa shape index (κ1) is 15.7. The van der Waals surface area contributed by atoms with Gasteiger partial charge >= 0.3 is 11.9 Å². The molecule has 0 spiro atoms. The Morgan fingerprint density at radius 3 is 2.10 bits per heavy atom. The first-order valence-electron chi connectivity index (χ1n) is 5.53. The van der Waals surface area contributed by atoms with Crippen molar-refractivity contribution in [2.24, 2.45) is 0 Å². The van der Waals surface area contributed by atoms with E-state index < -0.39 is 11.9 Å². The Balaban J connectivity index is 2.63. The van der Waals surface area contributed by atoms with Crippen LogP contribution in [0.25, 0.3) is 11.4 Å². The molecule has 0 radical (unpaired) electrons. The van der Waals surface area contributed by atoms with Gasteiger partial charge in [-0.1, -0.05) is 34.3 Å². The first-order chi connectivity index (χ1) is 10.0. The molecule has 21 heavy (non-hydrogen) atoms. The zero-order valence-electron chi connectivity index (χ0n) is 11.2. The molecule has 112 valence electrons. The second kappa shape index (κ2) is 6.37. The maximum atomic E-state index is 11.8. The number of nitrogens with one attached hydrogen (secondary N) is 1. The van der Waals surface area contributed by atoms with E-state index in [1.165, 1.54) is 14.2 Å². The minimum atomic E-state index is -0.593. The molecule has 0 saturated carbocycles. The van der Waals surface area contributed by atoms with Crippen molar-refractivity contribution in [2.75, 3.05) is 26.6 Å². The van der Waals surface area contributed by atoms with Gasteiger partial charge in [0.2, 0.25) is 0 Å². The highest BCUT2D eigenvalue weighted by Gasteiger charge is 2.27. The summed E-state index contributed by atoms with van der Waals surface area (Å²) in [6.07, 6.45) is 0. The number of methoxy groups -OCH3 is 2. The van der Waals surface area contributed by atoms with E-state index in [2.05, 4.69) is 20.0 Å². The van der Waals surface area contributed by atoms with Gasteiger partial charge in [0.05, 0.1) is 14.2 Å². The zero-order chi connectivity index (χ0) is 15.6. The van der Waals surface area contributed by atoms with Gasteiger partial charge in [-0.3, -0.25) is 0 Å². The molecule has 0 aromatic carbocycles. The van der Waals surface area contributed by atoms with E-state index in [0.29, 0.717) is 5.13 Å². The number of thiazole rings is 2. The Morgan fingerprint density at radius 1 is 1.05 bits per heavy atom. The van der Waals surface area contributed by atoms with Crippen LogP contribution in [0, 0.1) is 0 Å². The number of halogens is 1. The summed E-state index contributed by atoms with van der Waals surface area (Å²) in [7, 11) is 4.18. The van der Waals surface area contributed by atoms with Crippen molar-refractivity contribution in [3.8, 4) is 11.4 Å². The fraction of sp³-hybridized carbons (Fsp3) is 0.273. The average Bonchev–Trinajstić information content (AvgIpc) is 3.08. The van der Waals surface area contributed by atoms with Gasteiger partial charge in [-0.15, -0.1) is 0 Å². The number of nitrogens with zero attached hydrogens (tertiary/aromatic N) is 2. The summed E-state index contributed by atoms with van der Waals surface area (Å²) in [5, 5.41) is 3.32. The van der Waals surface area contributed by atoms with Crippen LogP contribution in [0.5, 0.6) is 0 Å². The Bertz CT molecular complexity index is 698. The molecule has 0 fully saturated rings. The van der Waals surface area contributed by atoms with E-state index in [-0.39, 0.29) is 25.6 Å². The summed E-state index contributed by atoms with van der Waals surface area (Å²) in [5.41, 5.74) is 0.440. The smallest absolute Gasteiger partial charge is 0.350 e. The van der Waals surface area contributed by atoms with Gasteiger partial charge in [-0.25, -0.2) is 19.6 Å². The van der Waals surface area contributed by atoms with Gasteiger partial charge in [-0.2, -0.15) is 0 Å². The molecular formula is C11H10ClN3O4S2. The monoisotopic (exact) mass is 347 g/mol. The quantitative estimate of drug-likeness (QED) is 0.850. The predicted octanol–water partition coefficient (Wildman–Crippen LogP) is 2.53. The number of ether oxygens (including phenoxy) is 2. The number of aromatic nitrogens is 2. The van der Waals surface area contributed by atoms with Gasteiger partial charge in [-0.05, 0) is 0 Å². The largest absolute Gasteiger partial charge is 0.465 e. The van der Waals surface area contributed by atoms with Crippen molar-refractivity contribution in [1.82, 2.24) is 9.97 Å². The van der Waals surface area contributed by atoms with Crippen LogP contribution < -0.4 is 5.32 Å². The third-order valence-corrected chi connectivity index (χ3v) is 4.60. The van der Waals surface area contributed by atoms with Gasteiger partial charge in [0.1, 0.15) is 21.1 Å². The van der Waals surface area contributed by atoms with Crippen LogP contribution in [0.15, 0.2) is 0 Å². The van der Waals surface area contributed by atoms with Gasteiger partial charge in [0.25, 0.3) is 0 Å². The molecule has 0 saturated heterocycles. The van der Waals surface area contributed by atoms with Crippen molar-refractivity contribution in [3.05, 3.63) is 14.2 Å². The maximum Gasteiger partial charge on any atom is 0.350 e. The molecule has 2 rings (SSSR count).